The predicted octanol–water partition coefficient (Wildman–Crippen LogP) is 6.49. The fourth-order valence-corrected chi connectivity index (χ4v) is 3.85. The van der Waals surface area contributed by atoms with Crippen LogP contribution in [0.2, 0.25) is 0 Å². The summed E-state index contributed by atoms with van der Waals surface area (Å²) in [4.78, 5) is 9.89. The van der Waals surface area contributed by atoms with Gasteiger partial charge in [-0.05, 0) is 49.1 Å². The number of benzene rings is 2. The SMILES string of the molecule is C=C(/C=C\C=C/C)c1cc(C)nc2c3c(ccc12)=C(c1ccccc1)C=C(C)CN=3.CC. The van der Waals surface area contributed by atoms with Crippen molar-refractivity contribution in [1.29, 1.82) is 0 Å². The second kappa shape index (κ2) is 10.7. The molecule has 0 bridgehead atoms. The third-order valence-electron chi connectivity index (χ3n) is 5.28. The zero-order chi connectivity index (χ0) is 23.1. The Morgan fingerprint density at radius 3 is 2.47 bits per heavy atom. The van der Waals surface area contributed by atoms with Gasteiger partial charge in [0.2, 0.25) is 0 Å². The van der Waals surface area contributed by atoms with Crippen LogP contribution in [0.3, 0.4) is 0 Å². The molecule has 0 fully saturated rings. The Morgan fingerprint density at radius 2 is 1.75 bits per heavy atom. The number of aromatic nitrogens is 1. The number of pyridine rings is 1. The summed E-state index contributed by atoms with van der Waals surface area (Å²) in [7, 11) is 0. The Bertz CT molecular complexity index is 1340. The van der Waals surface area contributed by atoms with E-state index in [4.69, 9.17) is 9.98 Å². The van der Waals surface area contributed by atoms with Gasteiger partial charge in [0, 0.05) is 16.3 Å². The lowest BCUT2D eigenvalue weighted by Crippen LogP contribution is -2.29. The van der Waals surface area contributed by atoms with E-state index in [1.807, 2.05) is 58.1 Å². The van der Waals surface area contributed by atoms with E-state index < -0.39 is 0 Å². The molecule has 0 atom stereocenters. The van der Waals surface area contributed by atoms with Gasteiger partial charge < -0.3 is 0 Å². The van der Waals surface area contributed by atoms with E-state index in [-0.39, 0.29) is 0 Å². The Balaban J connectivity index is 0.00000141. The minimum absolute atomic E-state index is 0.676. The number of nitrogens with zero attached hydrogens (tertiary/aromatic N) is 2. The average molecular weight is 421 g/mol. The Hall–Kier alpha value is -3.52. The Morgan fingerprint density at radius 1 is 1.00 bits per heavy atom. The van der Waals surface area contributed by atoms with Crippen LogP contribution in [0.1, 0.15) is 44.5 Å². The third kappa shape index (κ3) is 4.86. The van der Waals surface area contributed by atoms with Gasteiger partial charge in [-0.1, -0.05) is 98.8 Å². The number of fused-ring (bicyclic) bond motifs is 3. The zero-order valence-electron chi connectivity index (χ0n) is 19.8. The molecular weight excluding hydrogens is 388 g/mol. The van der Waals surface area contributed by atoms with Gasteiger partial charge in [0.1, 0.15) is 0 Å². The van der Waals surface area contributed by atoms with Crippen LogP contribution in [0.4, 0.5) is 0 Å². The number of hydrogen-bond donors (Lipinski definition) is 0. The second-order valence-corrected chi connectivity index (χ2v) is 7.67. The van der Waals surface area contributed by atoms with E-state index in [9.17, 15) is 0 Å². The molecule has 162 valence electrons. The third-order valence-corrected chi connectivity index (χ3v) is 5.28. The molecule has 0 saturated heterocycles. The fraction of sp³-hybridized carbons (Fsp3) is 0.200. The molecule has 0 radical (unpaired) electrons. The van der Waals surface area contributed by atoms with Gasteiger partial charge in [-0.2, -0.15) is 0 Å². The maximum Gasteiger partial charge on any atom is 0.0969 e. The average Bonchev–Trinajstić information content (AvgIpc) is 2.99. The summed E-state index contributed by atoms with van der Waals surface area (Å²) >= 11 is 0. The summed E-state index contributed by atoms with van der Waals surface area (Å²) in [5, 5.41) is 3.18. The molecule has 0 aliphatic carbocycles. The molecule has 3 aromatic rings. The van der Waals surface area contributed by atoms with Crippen LogP contribution < -0.4 is 10.6 Å². The van der Waals surface area contributed by atoms with Crippen molar-refractivity contribution < 1.29 is 0 Å². The summed E-state index contributed by atoms with van der Waals surface area (Å²) in [5.41, 5.74) is 7.62. The smallest absolute Gasteiger partial charge is 0.0969 e. The molecule has 1 aromatic heterocycles. The van der Waals surface area contributed by atoms with Crippen LogP contribution in [-0.2, 0) is 0 Å². The highest BCUT2D eigenvalue weighted by Gasteiger charge is 2.12. The predicted molar refractivity (Wildman–Crippen MR) is 139 cm³/mol. The van der Waals surface area contributed by atoms with Crippen molar-refractivity contribution in [3.05, 3.63) is 118 Å². The van der Waals surface area contributed by atoms with Crippen molar-refractivity contribution in [3.63, 3.8) is 0 Å². The topological polar surface area (TPSA) is 25.2 Å². The molecule has 0 saturated carbocycles. The van der Waals surface area contributed by atoms with Crippen LogP contribution in [-0.4, -0.2) is 11.5 Å². The maximum atomic E-state index is 4.98. The second-order valence-electron chi connectivity index (χ2n) is 7.67. The van der Waals surface area contributed by atoms with Crippen LogP contribution in [0.25, 0.3) is 22.0 Å². The maximum absolute atomic E-state index is 4.98. The highest BCUT2D eigenvalue weighted by molar-refractivity contribution is 5.94. The number of aryl methyl sites for hydroxylation is 1. The first kappa shape index (κ1) is 23.1. The van der Waals surface area contributed by atoms with Crippen molar-refractivity contribution in [2.24, 2.45) is 4.99 Å². The van der Waals surface area contributed by atoms with Crippen LogP contribution in [0.15, 0.2) is 96.1 Å². The van der Waals surface area contributed by atoms with Crippen LogP contribution in [0, 0.1) is 6.92 Å². The van der Waals surface area contributed by atoms with Crippen LogP contribution >= 0.6 is 0 Å². The molecule has 0 spiro atoms. The summed E-state index contributed by atoms with van der Waals surface area (Å²) < 4.78 is 0. The molecular formula is C30H32N2. The number of rotatable bonds is 4. The van der Waals surface area contributed by atoms with Crippen molar-refractivity contribution in [2.75, 3.05) is 6.54 Å². The largest absolute Gasteiger partial charge is 0.278 e. The molecule has 2 heterocycles. The first-order valence-corrected chi connectivity index (χ1v) is 11.3. The van der Waals surface area contributed by atoms with E-state index >= 15 is 0 Å². The minimum Gasteiger partial charge on any atom is -0.278 e. The van der Waals surface area contributed by atoms with E-state index in [2.05, 4.69) is 62.0 Å². The van der Waals surface area contributed by atoms with Gasteiger partial charge in [0.15, 0.2) is 0 Å². The monoisotopic (exact) mass is 420 g/mol. The molecule has 4 rings (SSSR count). The van der Waals surface area contributed by atoms with E-state index in [0.717, 1.165) is 38.3 Å². The Kier molecular flexibility index (Phi) is 7.72. The van der Waals surface area contributed by atoms with Crippen LogP contribution in [0.5, 0.6) is 0 Å². The molecule has 0 N–H and O–H groups in total. The molecule has 2 heteroatoms. The van der Waals surface area contributed by atoms with Gasteiger partial charge >= 0.3 is 0 Å². The molecule has 0 amide bonds. The lowest BCUT2D eigenvalue weighted by molar-refractivity contribution is 1.07. The van der Waals surface area contributed by atoms with Gasteiger partial charge in [0.25, 0.3) is 0 Å². The molecule has 1 aliphatic rings. The Labute approximate surface area is 191 Å². The lowest BCUT2D eigenvalue weighted by Gasteiger charge is -2.10. The number of allylic oxidation sites excluding steroid dienone is 6. The van der Waals surface area contributed by atoms with Crippen molar-refractivity contribution in [1.82, 2.24) is 4.98 Å². The van der Waals surface area contributed by atoms with E-state index in [1.54, 1.807) is 0 Å². The summed E-state index contributed by atoms with van der Waals surface area (Å²) in [6.07, 6.45) is 10.3. The summed E-state index contributed by atoms with van der Waals surface area (Å²) in [6, 6.07) is 17.0. The quantitative estimate of drug-likeness (QED) is 0.443. The van der Waals surface area contributed by atoms with E-state index in [0.29, 0.717) is 6.54 Å². The van der Waals surface area contributed by atoms with Crippen molar-refractivity contribution in [3.8, 4) is 0 Å². The molecule has 1 aliphatic heterocycles. The van der Waals surface area contributed by atoms with Crippen molar-refractivity contribution >= 4 is 22.0 Å². The first-order chi connectivity index (χ1) is 15.6. The molecule has 32 heavy (non-hydrogen) atoms. The van der Waals surface area contributed by atoms with Gasteiger partial charge in [-0.3, -0.25) is 9.98 Å². The number of hydrogen-bond acceptors (Lipinski definition) is 2. The normalized spacial score (nSPS) is 13.3. The van der Waals surface area contributed by atoms with E-state index in [1.165, 1.54) is 16.7 Å². The standard InChI is InChI=1S/C28H26N2.C2H6/c1-5-6-8-11-20(3)25-17-21(4)30-28-23(25)14-15-24-26(22-12-9-7-10-13-22)16-19(2)18-29-27(24)28;1-2/h5-17H,3,18H2,1-2,4H3;1-2H3/b6-5-,11-8-;. The first-order valence-electron chi connectivity index (χ1n) is 11.3. The van der Waals surface area contributed by atoms with Crippen molar-refractivity contribution in [2.45, 2.75) is 34.6 Å². The van der Waals surface area contributed by atoms with Gasteiger partial charge in [0.05, 0.1) is 17.4 Å². The van der Waals surface area contributed by atoms with Gasteiger partial charge in [-0.25, -0.2) is 0 Å². The molecule has 2 nitrogen and oxygen atoms in total. The summed E-state index contributed by atoms with van der Waals surface area (Å²) in [6.45, 7) is 15.2. The zero-order valence-corrected chi connectivity index (χ0v) is 19.8. The highest BCUT2D eigenvalue weighted by Crippen LogP contribution is 2.24. The van der Waals surface area contributed by atoms with Gasteiger partial charge in [-0.15, -0.1) is 0 Å². The molecule has 0 unspecified atom stereocenters. The minimum atomic E-state index is 0.676. The summed E-state index contributed by atoms with van der Waals surface area (Å²) in [5.74, 6) is 0. The highest BCUT2D eigenvalue weighted by atomic mass is 14.8. The molecule has 2 aromatic carbocycles. The lowest BCUT2D eigenvalue weighted by atomic mass is 9.97. The fourth-order valence-electron chi connectivity index (χ4n) is 3.85.